The molecule has 0 atom stereocenters. The van der Waals surface area contributed by atoms with E-state index in [-0.39, 0.29) is 5.91 Å². The third-order valence-electron chi connectivity index (χ3n) is 3.59. The molecule has 6 heteroatoms. The van der Waals surface area contributed by atoms with Crippen molar-refractivity contribution in [2.75, 3.05) is 5.32 Å². The Balaban J connectivity index is 1.47. The predicted octanol–water partition coefficient (Wildman–Crippen LogP) is 4.60. The van der Waals surface area contributed by atoms with E-state index in [1.165, 1.54) is 28.2 Å². The first-order chi connectivity index (χ1) is 11.8. The Morgan fingerprint density at radius 2 is 1.96 bits per heavy atom. The van der Waals surface area contributed by atoms with E-state index in [0.29, 0.717) is 10.7 Å². The van der Waals surface area contributed by atoms with Gasteiger partial charge in [-0.3, -0.25) is 10.1 Å². The fourth-order valence-electron chi connectivity index (χ4n) is 2.41. The van der Waals surface area contributed by atoms with E-state index in [1.807, 2.05) is 36.5 Å². The number of carbonyl (C=O) groups excluding carboxylic acids is 1. The van der Waals surface area contributed by atoms with Crippen LogP contribution in [0.2, 0.25) is 0 Å². The summed E-state index contributed by atoms with van der Waals surface area (Å²) in [5.74, 6) is -0.147. The molecule has 4 aromatic rings. The van der Waals surface area contributed by atoms with Crippen molar-refractivity contribution >= 4 is 43.9 Å². The number of thiazole rings is 2. The highest BCUT2D eigenvalue weighted by Crippen LogP contribution is 2.23. The van der Waals surface area contributed by atoms with Crippen LogP contribution in [0.25, 0.3) is 10.2 Å². The second kappa shape index (κ2) is 6.51. The first-order valence-corrected chi connectivity index (χ1v) is 9.11. The molecule has 0 radical (unpaired) electrons. The summed E-state index contributed by atoms with van der Waals surface area (Å²) in [6, 6.07) is 15.7. The van der Waals surface area contributed by atoms with E-state index in [4.69, 9.17) is 0 Å². The molecule has 4 nitrogen and oxygen atoms in total. The van der Waals surface area contributed by atoms with E-state index in [0.717, 1.165) is 21.5 Å². The summed E-state index contributed by atoms with van der Waals surface area (Å²) in [6.45, 7) is 0. The van der Waals surface area contributed by atoms with Crippen LogP contribution in [0.3, 0.4) is 0 Å². The molecule has 2 aromatic heterocycles. The Morgan fingerprint density at radius 3 is 2.83 bits per heavy atom. The number of nitrogens with zero attached hydrogens (tertiary/aromatic N) is 2. The molecule has 1 amide bonds. The van der Waals surface area contributed by atoms with Gasteiger partial charge in [0.15, 0.2) is 5.13 Å². The summed E-state index contributed by atoms with van der Waals surface area (Å²) >= 11 is 3.03. The smallest absolute Gasteiger partial charge is 0.257 e. The number of benzene rings is 2. The molecule has 1 N–H and O–H groups in total. The van der Waals surface area contributed by atoms with Crippen LogP contribution < -0.4 is 5.32 Å². The van der Waals surface area contributed by atoms with Gasteiger partial charge in [-0.25, -0.2) is 9.97 Å². The van der Waals surface area contributed by atoms with E-state index >= 15 is 0 Å². The molecule has 0 saturated heterocycles. The molecule has 24 heavy (non-hydrogen) atoms. The van der Waals surface area contributed by atoms with Crippen molar-refractivity contribution in [1.82, 2.24) is 9.97 Å². The second-order valence-corrected chi connectivity index (χ2v) is 7.28. The lowest BCUT2D eigenvalue weighted by Crippen LogP contribution is -2.11. The summed E-state index contributed by atoms with van der Waals surface area (Å²) in [6.07, 6.45) is 2.64. The lowest BCUT2D eigenvalue weighted by molar-refractivity contribution is 0.102. The summed E-state index contributed by atoms with van der Waals surface area (Å²) in [5.41, 5.74) is 4.54. The Kier molecular flexibility index (Phi) is 4.06. The van der Waals surface area contributed by atoms with Crippen molar-refractivity contribution in [3.05, 3.63) is 76.2 Å². The number of hydrogen-bond acceptors (Lipinski definition) is 5. The van der Waals surface area contributed by atoms with E-state index < -0.39 is 0 Å². The Hall–Kier alpha value is -2.57. The number of carbonyl (C=O) groups is 1. The van der Waals surface area contributed by atoms with Gasteiger partial charge in [-0.05, 0) is 23.8 Å². The van der Waals surface area contributed by atoms with Gasteiger partial charge < -0.3 is 0 Å². The van der Waals surface area contributed by atoms with Gasteiger partial charge in [-0.15, -0.1) is 22.7 Å². The zero-order valence-corrected chi connectivity index (χ0v) is 14.2. The van der Waals surface area contributed by atoms with Gasteiger partial charge >= 0.3 is 0 Å². The molecular formula is C18H13N3OS2. The minimum absolute atomic E-state index is 0.147. The topological polar surface area (TPSA) is 54.9 Å². The fourth-order valence-corrected chi connectivity index (χ4v) is 3.97. The molecule has 4 rings (SSSR count). The van der Waals surface area contributed by atoms with Crippen LogP contribution in [-0.2, 0) is 6.42 Å². The largest absolute Gasteiger partial charge is 0.298 e. The van der Waals surface area contributed by atoms with Gasteiger partial charge in [0.1, 0.15) is 0 Å². The molecule has 2 heterocycles. The van der Waals surface area contributed by atoms with E-state index in [9.17, 15) is 4.79 Å². The quantitative estimate of drug-likeness (QED) is 0.585. The summed E-state index contributed by atoms with van der Waals surface area (Å²) < 4.78 is 1.01. The average molecular weight is 351 g/mol. The zero-order valence-electron chi connectivity index (χ0n) is 12.6. The minimum atomic E-state index is -0.147. The third-order valence-corrected chi connectivity index (χ3v) is 5.29. The van der Waals surface area contributed by atoms with Crippen LogP contribution in [0, 0.1) is 0 Å². The van der Waals surface area contributed by atoms with Crippen LogP contribution in [0.1, 0.15) is 20.8 Å². The van der Waals surface area contributed by atoms with Crippen molar-refractivity contribution in [1.29, 1.82) is 0 Å². The van der Waals surface area contributed by atoms with Crippen molar-refractivity contribution in [3.63, 3.8) is 0 Å². The predicted molar refractivity (Wildman–Crippen MR) is 98.9 cm³/mol. The Labute approximate surface area is 146 Å². The maximum Gasteiger partial charge on any atom is 0.257 e. The zero-order chi connectivity index (χ0) is 16.4. The van der Waals surface area contributed by atoms with Crippen LogP contribution in [0.4, 0.5) is 5.13 Å². The summed E-state index contributed by atoms with van der Waals surface area (Å²) in [4.78, 5) is 22.0. The van der Waals surface area contributed by atoms with Gasteiger partial charge in [0, 0.05) is 23.1 Å². The van der Waals surface area contributed by atoms with Gasteiger partial charge in [-0.2, -0.15) is 0 Å². The third kappa shape index (κ3) is 3.20. The van der Waals surface area contributed by atoms with Crippen LogP contribution in [0.5, 0.6) is 0 Å². The molecule has 0 unspecified atom stereocenters. The number of amides is 1. The SMILES string of the molecule is O=C(Nc1ncc(Cc2ccccc2)s1)c1ccc2ncsc2c1. The Bertz CT molecular complexity index is 992. The summed E-state index contributed by atoms with van der Waals surface area (Å²) in [5, 5.41) is 3.49. The molecule has 0 bridgehead atoms. The number of nitrogens with one attached hydrogen (secondary N) is 1. The van der Waals surface area contributed by atoms with E-state index in [2.05, 4.69) is 27.4 Å². The van der Waals surface area contributed by atoms with Crippen LogP contribution in [0.15, 0.2) is 60.2 Å². The molecule has 0 fully saturated rings. The normalized spacial score (nSPS) is 10.8. The maximum atomic E-state index is 12.4. The molecule has 0 aliphatic rings. The molecular weight excluding hydrogens is 338 g/mol. The number of fused-ring (bicyclic) bond motifs is 1. The lowest BCUT2D eigenvalue weighted by atomic mass is 10.1. The molecule has 0 aliphatic carbocycles. The molecule has 2 aromatic carbocycles. The highest BCUT2D eigenvalue weighted by Gasteiger charge is 2.11. The maximum absolute atomic E-state index is 12.4. The second-order valence-electron chi connectivity index (χ2n) is 5.28. The van der Waals surface area contributed by atoms with Crippen molar-refractivity contribution in [2.24, 2.45) is 0 Å². The Morgan fingerprint density at radius 1 is 1.08 bits per heavy atom. The van der Waals surface area contributed by atoms with Crippen molar-refractivity contribution in [3.8, 4) is 0 Å². The monoisotopic (exact) mass is 351 g/mol. The van der Waals surface area contributed by atoms with E-state index in [1.54, 1.807) is 11.6 Å². The van der Waals surface area contributed by atoms with Gasteiger partial charge in [0.05, 0.1) is 15.7 Å². The van der Waals surface area contributed by atoms with Gasteiger partial charge in [0.2, 0.25) is 0 Å². The highest BCUT2D eigenvalue weighted by atomic mass is 32.1. The molecule has 118 valence electrons. The summed E-state index contributed by atoms with van der Waals surface area (Å²) in [7, 11) is 0. The van der Waals surface area contributed by atoms with Crippen molar-refractivity contribution in [2.45, 2.75) is 6.42 Å². The van der Waals surface area contributed by atoms with Crippen LogP contribution >= 0.6 is 22.7 Å². The minimum Gasteiger partial charge on any atom is -0.298 e. The van der Waals surface area contributed by atoms with Crippen LogP contribution in [-0.4, -0.2) is 15.9 Å². The lowest BCUT2D eigenvalue weighted by Gasteiger charge is -2.01. The number of hydrogen-bond donors (Lipinski definition) is 1. The molecule has 0 aliphatic heterocycles. The molecule has 0 saturated carbocycles. The average Bonchev–Trinajstić information content (AvgIpc) is 3.24. The number of rotatable bonds is 4. The van der Waals surface area contributed by atoms with Gasteiger partial charge in [0.25, 0.3) is 5.91 Å². The highest BCUT2D eigenvalue weighted by molar-refractivity contribution is 7.16. The standard InChI is InChI=1S/C18H13N3OS2/c22-17(13-6-7-15-16(9-13)23-11-20-15)21-18-19-10-14(24-18)8-12-4-2-1-3-5-12/h1-7,9-11H,8H2,(H,19,21,22). The number of aromatic nitrogens is 2. The molecule has 0 spiro atoms. The fraction of sp³-hybridized carbons (Fsp3) is 0.0556. The van der Waals surface area contributed by atoms with Crippen molar-refractivity contribution < 1.29 is 4.79 Å². The van der Waals surface area contributed by atoms with Gasteiger partial charge in [-0.1, -0.05) is 30.3 Å². The first-order valence-electron chi connectivity index (χ1n) is 7.41. The first kappa shape index (κ1) is 15.0. The number of anilines is 1.